The summed E-state index contributed by atoms with van der Waals surface area (Å²) in [5, 5.41) is 7.53. The van der Waals surface area contributed by atoms with Gasteiger partial charge in [-0.15, -0.1) is 11.3 Å². The number of amides is 3. The standard InChI is InChI=1S/C28H31N3O4S/c1-19-12-13-20(2)23(16-19)31(25(32)18-30-27(33)24-11-7-15-36-24)26(21-8-4-3-5-9-21)28(34)29-17-22-10-6-14-35-22/h3-5,7-9,11-13,15-16,22,26H,6,10,14,17-18H2,1-2H3,(H,29,34)(H,30,33)/t22-,26-/m1/s1. The number of rotatable bonds is 9. The topological polar surface area (TPSA) is 87.7 Å². The fraction of sp³-hybridized carbons (Fsp3) is 0.321. The molecule has 36 heavy (non-hydrogen) atoms. The minimum Gasteiger partial charge on any atom is -0.376 e. The number of hydrogen-bond acceptors (Lipinski definition) is 5. The van der Waals surface area contributed by atoms with Crippen LogP contribution in [0.15, 0.2) is 66.0 Å². The number of carbonyl (C=O) groups excluding carboxylic acids is 3. The van der Waals surface area contributed by atoms with Gasteiger partial charge in [0, 0.05) is 18.8 Å². The van der Waals surface area contributed by atoms with E-state index in [1.807, 2.05) is 67.8 Å². The molecule has 1 aromatic heterocycles. The average molecular weight is 506 g/mol. The zero-order chi connectivity index (χ0) is 25.5. The van der Waals surface area contributed by atoms with Gasteiger partial charge in [-0.05, 0) is 60.9 Å². The maximum atomic E-state index is 13.8. The van der Waals surface area contributed by atoms with Crippen molar-refractivity contribution in [2.45, 2.75) is 38.8 Å². The summed E-state index contributed by atoms with van der Waals surface area (Å²) < 4.78 is 5.67. The van der Waals surface area contributed by atoms with E-state index < -0.39 is 6.04 Å². The highest BCUT2D eigenvalue weighted by molar-refractivity contribution is 7.12. The van der Waals surface area contributed by atoms with Crippen molar-refractivity contribution in [2.24, 2.45) is 0 Å². The van der Waals surface area contributed by atoms with E-state index in [0.717, 1.165) is 24.0 Å². The van der Waals surface area contributed by atoms with Gasteiger partial charge in [0.15, 0.2) is 0 Å². The summed E-state index contributed by atoms with van der Waals surface area (Å²) in [5.41, 5.74) is 3.13. The van der Waals surface area contributed by atoms with Gasteiger partial charge in [0.2, 0.25) is 11.8 Å². The van der Waals surface area contributed by atoms with Crippen LogP contribution in [0.1, 0.15) is 45.2 Å². The number of benzene rings is 2. The lowest BCUT2D eigenvalue weighted by atomic mass is 10.0. The molecule has 3 amide bonds. The fourth-order valence-electron chi connectivity index (χ4n) is 4.30. The molecule has 1 aliphatic rings. The fourth-order valence-corrected chi connectivity index (χ4v) is 4.94. The van der Waals surface area contributed by atoms with Gasteiger partial charge in [0.1, 0.15) is 6.04 Å². The Kier molecular flexibility index (Phi) is 8.51. The summed E-state index contributed by atoms with van der Waals surface area (Å²) in [4.78, 5) is 42.0. The Hall–Kier alpha value is -3.49. The third kappa shape index (κ3) is 6.19. The van der Waals surface area contributed by atoms with Crippen LogP contribution in [0.3, 0.4) is 0 Å². The summed E-state index contributed by atoms with van der Waals surface area (Å²) in [7, 11) is 0. The summed E-state index contributed by atoms with van der Waals surface area (Å²) in [5.74, 6) is -0.997. The lowest BCUT2D eigenvalue weighted by Crippen LogP contribution is -2.48. The molecule has 0 bridgehead atoms. The first-order valence-electron chi connectivity index (χ1n) is 12.1. The molecule has 0 aliphatic carbocycles. The van der Waals surface area contributed by atoms with Crippen LogP contribution in [0.2, 0.25) is 0 Å². The predicted octanol–water partition coefficient (Wildman–Crippen LogP) is 4.16. The summed E-state index contributed by atoms with van der Waals surface area (Å²) in [6.45, 7) is 4.68. The molecule has 1 aliphatic heterocycles. The minimum absolute atomic E-state index is 0.0275. The SMILES string of the molecule is Cc1ccc(C)c(N(C(=O)CNC(=O)c2cccs2)[C@@H](C(=O)NC[C@H]2CCCO2)c2ccccc2)c1. The van der Waals surface area contributed by atoms with Gasteiger partial charge in [0.05, 0.1) is 17.5 Å². The highest BCUT2D eigenvalue weighted by Gasteiger charge is 2.34. The van der Waals surface area contributed by atoms with Crippen LogP contribution in [-0.2, 0) is 14.3 Å². The van der Waals surface area contributed by atoms with Crippen LogP contribution in [0.5, 0.6) is 0 Å². The zero-order valence-electron chi connectivity index (χ0n) is 20.5. The Morgan fingerprint density at radius 1 is 1.06 bits per heavy atom. The molecule has 0 unspecified atom stereocenters. The maximum absolute atomic E-state index is 13.8. The molecule has 2 aromatic carbocycles. The van der Waals surface area contributed by atoms with Crippen molar-refractivity contribution in [3.63, 3.8) is 0 Å². The third-order valence-electron chi connectivity index (χ3n) is 6.19. The van der Waals surface area contributed by atoms with E-state index in [4.69, 9.17) is 4.74 Å². The van der Waals surface area contributed by atoms with Gasteiger partial charge in [-0.25, -0.2) is 0 Å². The Balaban J connectivity index is 1.67. The Bertz CT molecular complexity index is 1190. The smallest absolute Gasteiger partial charge is 0.261 e. The molecular weight excluding hydrogens is 474 g/mol. The first-order chi connectivity index (χ1) is 17.4. The Morgan fingerprint density at radius 2 is 1.86 bits per heavy atom. The lowest BCUT2D eigenvalue weighted by Gasteiger charge is -2.33. The molecule has 4 rings (SSSR count). The predicted molar refractivity (Wildman–Crippen MR) is 141 cm³/mol. The minimum atomic E-state index is -0.917. The van der Waals surface area contributed by atoms with Crippen molar-refractivity contribution in [1.82, 2.24) is 10.6 Å². The van der Waals surface area contributed by atoms with E-state index in [2.05, 4.69) is 10.6 Å². The summed E-state index contributed by atoms with van der Waals surface area (Å²) >= 11 is 1.31. The quantitative estimate of drug-likeness (QED) is 0.457. The molecule has 1 fully saturated rings. The van der Waals surface area contributed by atoms with Crippen LogP contribution in [0.4, 0.5) is 5.69 Å². The molecule has 2 heterocycles. The van der Waals surface area contributed by atoms with E-state index >= 15 is 0 Å². The van der Waals surface area contributed by atoms with Gasteiger partial charge in [0.25, 0.3) is 5.91 Å². The highest BCUT2D eigenvalue weighted by Crippen LogP contribution is 2.31. The number of aryl methyl sites for hydroxylation is 2. The summed E-state index contributed by atoms with van der Waals surface area (Å²) in [6.07, 6.45) is 1.84. The molecule has 0 radical (unpaired) electrons. The molecule has 2 N–H and O–H groups in total. The molecule has 0 saturated carbocycles. The van der Waals surface area contributed by atoms with E-state index in [1.165, 1.54) is 16.2 Å². The molecule has 8 heteroatoms. The third-order valence-corrected chi connectivity index (χ3v) is 7.06. The number of ether oxygens (including phenoxy) is 1. The summed E-state index contributed by atoms with van der Waals surface area (Å²) in [6, 6.07) is 17.6. The lowest BCUT2D eigenvalue weighted by molar-refractivity contribution is -0.126. The van der Waals surface area contributed by atoms with Gasteiger partial charge in [-0.1, -0.05) is 48.5 Å². The normalized spacial score (nSPS) is 15.8. The number of thiophene rings is 1. The molecule has 0 spiro atoms. The van der Waals surface area contributed by atoms with Gasteiger partial charge in [-0.2, -0.15) is 0 Å². The number of nitrogens with zero attached hydrogens (tertiary/aromatic N) is 1. The van der Waals surface area contributed by atoms with Crippen LogP contribution < -0.4 is 15.5 Å². The van der Waals surface area contributed by atoms with Crippen molar-refractivity contribution in [3.8, 4) is 0 Å². The van der Waals surface area contributed by atoms with E-state index in [9.17, 15) is 14.4 Å². The van der Waals surface area contributed by atoms with E-state index in [-0.39, 0.29) is 30.4 Å². The maximum Gasteiger partial charge on any atom is 0.261 e. The van der Waals surface area contributed by atoms with E-state index in [0.29, 0.717) is 29.3 Å². The first kappa shape index (κ1) is 25.6. The van der Waals surface area contributed by atoms with E-state index in [1.54, 1.807) is 12.1 Å². The van der Waals surface area contributed by atoms with Crippen molar-refractivity contribution >= 4 is 34.7 Å². The number of carbonyl (C=O) groups is 3. The second-order valence-electron chi connectivity index (χ2n) is 8.91. The van der Waals surface area contributed by atoms with Crippen LogP contribution in [0, 0.1) is 13.8 Å². The van der Waals surface area contributed by atoms with Crippen LogP contribution >= 0.6 is 11.3 Å². The molecule has 3 aromatic rings. The van der Waals surface area contributed by atoms with Crippen molar-refractivity contribution in [1.29, 1.82) is 0 Å². The van der Waals surface area contributed by atoms with Gasteiger partial charge in [-0.3, -0.25) is 19.3 Å². The van der Waals surface area contributed by atoms with Gasteiger partial charge < -0.3 is 15.4 Å². The highest BCUT2D eigenvalue weighted by atomic mass is 32.1. The number of hydrogen-bond donors (Lipinski definition) is 2. The van der Waals surface area contributed by atoms with Crippen molar-refractivity contribution in [2.75, 3.05) is 24.6 Å². The number of anilines is 1. The first-order valence-corrected chi connectivity index (χ1v) is 13.0. The van der Waals surface area contributed by atoms with Gasteiger partial charge >= 0.3 is 0 Å². The zero-order valence-corrected chi connectivity index (χ0v) is 21.3. The molecule has 188 valence electrons. The van der Waals surface area contributed by atoms with Crippen molar-refractivity contribution in [3.05, 3.63) is 87.6 Å². The van der Waals surface area contributed by atoms with Crippen LogP contribution in [-0.4, -0.2) is 43.5 Å². The number of nitrogens with one attached hydrogen (secondary N) is 2. The molecule has 1 saturated heterocycles. The molecule has 2 atom stereocenters. The molecular formula is C28H31N3O4S. The molecule has 7 nitrogen and oxygen atoms in total. The second-order valence-corrected chi connectivity index (χ2v) is 9.85. The Morgan fingerprint density at radius 3 is 2.56 bits per heavy atom. The largest absolute Gasteiger partial charge is 0.376 e. The average Bonchev–Trinajstić information content (AvgIpc) is 3.61. The Labute approximate surface area is 215 Å². The van der Waals surface area contributed by atoms with Crippen molar-refractivity contribution < 1.29 is 19.1 Å². The monoisotopic (exact) mass is 505 g/mol. The van der Waals surface area contributed by atoms with Crippen LogP contribution in [0.25, 0.3) is 0 Å². The second kappa shape index (κ2) is 12.0.